The van der Waals surface area contributed by atoms with Crippen LogP contribution in [0.3, 0.4) is 0 Å². The van der Waals surface area contributed by atoms with Crippen LogP contribution in [0.15, 0.2) is 84.9 Å². The van der Waals surface area contributed by atoms with Gasteiger partial charge in [0.2, 0.25) is 0 Å². The van der Waals surface area contributed by atoms with Crippen molar-refractivity contribution in [1.82, 2.24) is 0 Å². The molecule has 1 saturated heterocycles. The quantitative estimate of drug-likeness (QED) is 0.358. The summed E-state index contributed by atoms with van der Waals surface area (Å²) < 4.78 is 0. The zero-order valence-electron chi connectivity index (χ0n) is 15.1. The smallest absolute Gasteiger partial charge is 0.0616 e. The van der Waals surface area contributed by atoms with E-state index < -0.39 is 8.07 Å². The predicted molar refractivity (Wildman–Crippen MR) is 115 cm³/mol. The highest BCUT2D eigenvalue weighted by Crippen LogP contribution is 2.38. The van der Waals surface area contributed by atoms with Gasteiger partial charge in [-0.15, -0.1) is 0 Å². The van der Waals surface area contributed by atoms with Gasteiger partial charge in [0.25, 0.3) is 0 Å². The van der Waals surface area contributed by atoms with Crippen molar-refractivity contribution in [3.8, 4) is 0 Å². The van der Waals surface area contributed by atoms with Crippen molar-refractivity contribution >= 4 is 29.6 Å². The highest BCUT2D eigenvalue weighted by atomic mass is 28.3. The molecule has 1 aliphatic heterocycles. The maximum Gasteiger partial charge on any atom is 0.0622 e. The molecule has 0 aliphatic carbocycles. The van der Waals surface area contributed by atoms with Crippen LogP contribution in [0.25, 0.3) is 21.5 Å². The predicted octanol–water partition coefficient (Wildman–Crippen LogP) is 6.71. The van der Waals surface area contributed by atoms with Crippen molar-refractivity contribution in [2.75, 3.05) is 0 Å². The molecule has 26 heavy (non-hydrogen) atoms. The van der Waals surface area contributed by atoms with Gasteiger partial charge in [0.15, 0.2) is 0 Å². The minimum absolute atomic E-state index is 1.20. The standard InChI is InChI=1S/C25H24Si/c1-3-8-24-16-20(10-12-22(24)6-1)18-26(14-5-15-26)19-21-11-13-23-7-2-4-9-25(23)17-21/h1-4,6-13,16-17H,5,14-15,18-19H2. The molecule has 1 heteroatoms. The molecule has 0 radical (unpaired) electrons. The van der Waals surface area contributed by atoms with Crippen LogP contribution in [0.4, 0.5) is 0 Å². The third-order valence-corrected chi connectivity index (χ3v) is 11.3. The summed E-state index contributed by atoms with van der Waals surface area (Å²) in [7, 11) is -1.20. The Morgan fingerprint density at radius 1 is 0.538 bits per heavy atom. The molecule has 0 aromatic heterocycles. The molecule has 0 atom stereocenters. The molecule has 5 rings (SSSR count). The fraction of sp³-hybridized carbons (Fsp3) is 0.200. The summed E-state index contributed by atoms with van der Waals surface area (Å²) in [5, 5.41) is 5.49. The fourth-order valence-corrected chi connectivity index (χ4v) is 9.01. The van der Waals surface area contributed by atoms with Gasteiger partial charge in [-0.1, -0.05) is 115 Å². The van der Waals surface area contributed by atoms with Crippen LogP contribution in [-0.2, 0) is 12.1 Å². The summed E-state index contributed by atoms with van der Waals surface area (Å²) >= 11 is 0. The second kappa shape index (κ2) is 6.41. The van der Waals surface area contributed by atoms with Gasteiger partial charge in [0, 0.05) is 0 Å². The van der Waals surface area contributed by atoms with E-state index in [-0.39, 0.29) is 0 Å². The average Bonchev–Trinajstić information content (AvgIpc) is 2.66. The van der Waals surface area contributed by atoms with Crippen LogP contribution in [0, 0.1) is 0 Å². The highest BCUT2D eigenvalue weighted by Gasteiger charge is 2.39. The Hall–Kier alpha value is -2.38. The molecule has 0 unspecified atom stereocenters. The van der Waals surface area contributed by atoms with Crippen molar-refractivity contribution in [3.05, 3.63) is 96.1 Å². The molecule has 0 amide bonds. The summed E-state index contributed by atoms with van der Waals surface area (Å²) in [5.74, 6) is 0. The van der Waals surface area contributed by atoms with Gasteiger partial charge in [-0.3, -0.25) is 0 Å². The second-order valence-electron chi connectivity index (χ2n) is 8.07. The first-order chi connectivity index (χ1) is 12.8. The van der Waals surface area contributed by atoms with Crippen LogP contribution in [0.5, 0.6) is 0 Å². The van der Waals surface area contributed by atoms with Gasteiger partial charge in [-0.25, -0.2) is 0 Å². The molecule has 1 aliphatic rings. The summed E-state index contributed by atoms with van der Waals surface area (Å²) in [6, 6.07) is 37.4. The van der Waals surface area contributed by atoms with Crippen molar-refractivity contribution in [2.24, 2.45) is 0 Å². The normalized spacial score (nSPS) is 15.8. The molecule has 4 aromatic carbocycles. The molecule has 1 fully saturated rings. The zero-order valence-corrected chi connectivity index (χ0v) is 16.1. The number of hydrogen-bond acceptors (Lipinski definition) is 0. The lowest BCUT2D eigenvalue weighted by atomic mass is 10.1. The maximum absolute atomic E-state index is 2.43. The van der Waals surface area contributed by atoms with Gasteiger partial charge in [-0.2, -0.15) is 0 Å². The molecule has 0 bridgehead atoms. The number of benzene rings is 4. The van der Waals surface area contributed by atoms with E-state index in [0.717, 1.165) is 0 Å². The number of fused-ring (bicyclic) bond motifs is 2. The Bertz CT molecular complexity index is 992. The monoisotopic (exact) mass is 352 g/mol. The summed E-state index contributed by atoms with van der Waals surface area (Å²) in [6.07, 6.45) is 1.44. The average molecular weight is 353 g/mol. The van der Waals surface area contributed by atoms with Gasteiger partial charge in [0.1, 0.15) is 0 Å². The lowest BCUT2D eigenvalue weighted by Crippen LogP contribution is -2.47. The molecule has 1 heterocycles. The number of hydrogen-bond donors (Lipinski definition) is 0. The molecular weight excluding hydrogens is 328 g/mol. The van der Waals surface area contributed by atoms with Crippen molar-refractivity contribution in [1.29, 1.82) is 0 Å². The number of rotatable bonds is 4. The van der Waals surface area contributed by atoms with E-state index in [1.165, 1.54) is 52.1 Å². The van der Waals surface area contributed by atoms with Crippen molar-refractivity contribution < 1.29 is 0 Å². The molecule has 0 spiro atoms. The highest BCUT2D eigenvalue weighted by molar-refractivity contribution is 6.81. The minimum Gasteiger partial charge on any atom is -0.0616 e. The lowest BCUT2D eigenvalue weighted by Gasteiger charge is -2.40. The zero-order chi connectivity index (χ0) is 17.4. The van der Waals surface area contributed by atoms with E-state index in [0.29, 0.717) is 0 Å². The SMILES string of the molecule is c1ccc2cc(C[Si]3(Cc4ccc5ccccc5c4)CCC3)ccc2c1. The van der Waals surface area contributed by atoms with Crippen LogP contribution in [0.2, 0.25) is 12.1 Å². The van der Waals surface area contributed by atoms with Gasteiger partial charge >= 0.3 is 0 Å². The van der Waals surface area contributed by atoms with E-state index in [2.05, 4.69) is 84.9 Å². The first-order valence-corrected chi connectivity index (χ1v) is 12.6. The largest absolute Gasteiger partial charge is 0.0622 e. The van der Waals surface area contributed by atoms with E-state index >= 15 is 0 Å². The third-order valence-electron chi connectivity index (χ3n) is 6.20. The van der Waals surface area contributed by atoms with Crippen molar-refractivity contribution in [2.45, 2.75) is 30.6 Å². The Kier molecular flexibility index (Phi) is 3.90. The topological polar surface area (TPSA) is 0 Å². The fourth-order valence-electron chi connectivity index (χ4n) is 4.66. The van der Waals surface area contributed by atoms with Gasteiger partial charge in [-0.05, 0) is 33.6 Å². The Labute approximate surface area is 156 Å². The van der Waals surface area contributed by atoms with E-state index in [1.54, 1.807) is 11.1 Å². The van der Waals surface area contributed by atoms with Crippen molar-refractivity contribution in [3.63, 3.8) is 0 Å². The van der Waals surface area contributed by atoms with E-state index in [1.807, 2.05) is 0 Å². The van der Waals surface area contributed by atoms with E-state index in [4.69, 9.17) is 0 Å². The third kappa shape index (κ3) is 2.97. The Morgan fingerprint density at radius 3 is 1.42 bits per heavy atom. The first-order valence-electron chi connectivity index (χ1n) is 9.75. The van der Waals surface area contributed by atoms with Crippen LogP contribution in [-0.4, -0.2) is 8.07 Å². The van der Waals surface area contributed by atoms with Crippen LogP contribution >= 0.6 is 0 Å². The lowest BCUT2D eigenvalue weighted by molar-refractivity contribution is 0.852. The van der Waals surface area contributed by atoms with E-state index in [9.17, 15) is 0 Å². The first kappa shape index (κ1) is 15.8. The minimum atomic E-state index is -1.20. The summed E-state index contributed by atoms with van der Waals surface area (Å²) in [6.45, 7) is 0. The van der Waals surface area contributed by atoms with Gasteiger partial charge in [0.05, 0.1) is 8.07 Å². The maximum atomic E-state index is 2.43. The molecule has 0 saturated carbocycles. The Balaban J connectivity index is 1.43. The molecule has 4 aromatic rings. The van der Waals surface area contributed by atoms with Gasteiger partial charge < -0.3 is 0 Å². The summed E-state index contributed by atoms with van der Waals surface area (Å²) in [4.78, 5) is 0. The molecule has 0 N–H and O–H groups in total. The molecule has 128 valence electrons. The van der Waals surface area contributed by atoms with Crippen LogP contribution in [0.1, 0.15) is 17.5 Å². The second-order valence-corrected chi connectivity index (χ2v) is 12.8. The molecule has 0 nitrogen and oxygen atoms in total. The summed E-state index contributed by atoms with van der Waals surface area (Å²) in [5.41, 5.74) is 3.10. The van der Waals surface area contributed by atoms with Crippen LogP contribution < -0.4 is 0 Å². The molecular formula is C25H24Si. The Morgan fingerprint density at radius 2 is 1.00 bits per heavy atom.